The highest BCUT2D eigenvalue weighted by Crippen LogP contribution is 2.18. The molecule has 3 rings (SSSR count). The molecule has 0 aromatic heterocycles. The van der Waals surface area contributed by atoms with Gasteiger partial charge in [-0.3, -0.25) is 28.8 Å². The molecule has 6 amide bonds. The van der Waals surface area contributed by atoms with Crippen molar-refractivity contribution in [1.29, 1.82) is 0 Å². The van der Waals surface area contributed by atoms with E-state index in [1.165, 1.54) is 23.6 Å². The standard InChI is InChI=1S/C41H58N6O8S/c1-25(2)22-31(36(49)42-30(41(54)55)19-21-56-6)43-37(50)32(23-28-14-9-7-10-15-28)45-40(53)35(26(3)4)46-38(51)33(24-29-16-11-8-12-17-29)44-39(52)34-18-13-20-47(34)27(5)48/h7-12,14-17,25-26,30-35H,13,18-24H2,1-6H3,(H,42,49)(H,43,50)(H,44,52)(H,45,53)(H,46,51)(H,54,55)/t30-,31-,32-,33-,34-,35-/m1/s1. The van der Waals surface area contributed by atoms with E-state index in [9.17, 15) is 38.7 Å². The average Bonchev–Trinajstić information content (AvgIpc) is 3.66. The number of nitrogens with zero attached hydrogens (tertiary/aromatic N) is 1. The van der Waals surface area contributed by atoms with E-state index in [1.807, 2.05) is 56.5 Å². The molecule has 6 N–H and O–H groups in total. The Morgan fingerprint density at radius 2 is 1.21 bits per heavy atom. The Balaban J connectivity index is 1.86. The van der Waals surface area contributed by atoms with Crippen LogP contribution in [0.3, 0.4) is 0 Å². The summed E-state index contributed by atoms with van der Waals surface area (Å²) in [7, 11) is 0. The van der Waals surface area contributed by atoms with Gasteiger partial charge in [-0.15, -0.1) is 0 Å². The Morgan fingerprint density at radius 1 is 0.714 bits per heavy atom. The van der Waals surface area contributed by atoms with Crippen molar-refractivity contribution in [3.8, 4) is 0 Å². The van der Waals surface area contributed by atoms with Gasteiger partial charge in [0.05, 0.1) is 0 Å². The summed E-state index contributed by atoms with van der Waals surface area (Å²) in [5.41, 5.74) is 1.50. The minimum absolute atomic E-state index is 0.0493. The first-order valence-corrected chi connectivity index (χ1v) is 20.6. The van der Waals surface area contributed by atoms with E-state index >= 15 is 0 Å². The number of hydrogen-bond acceptors (Lipinski definition) is 8. The van der Waals surface area contributed by atoms with Crippen LogP contribution in [0, 0.1) is 11.8 Å². The molecule has 2 aromatic carbocycles. The zero-order chi connectivity index (χ0) is 41.4. The third kappa shape index (κ3) is 14.3. The number of likely N-dealkylation sites (tertiary alicyclic amines) is 1. The number of carbonyl (C=O) groups is 7. The summed E-state index contributed by atoms with van der Waals surface area (Å²) in [6.07, 6.45) is 3.54. The van der Waals surface area contributed by atoms with Crippen LogP contribution in [0.5, 0.6) is 0 Å². The molecule has 1 aliphatic heterocycles. The number of carboxylic acid groups (broad SMARTS) is 1. The molecule has 15 heteroatoms. The highest BCUT2D eigenvalue weighted by atomic mass is 32.2. The molecule has 56 heavy (non-hydrogen) atoms. The van der Waals surface area contributed by atoms with Gasteiger partial charge in [0.1, 0.15) is 36.3 Å². The zero-order valence-electron chi connectivity index (χ0n) is 33.2. The lowest BCUT2D eigenvalue weighted by atomic mass is 9.98. The summed E-state index contributed by atoms with van der Waals surface area (Å²) < 4.78 is 0. The second-order valence-corrected chi connectivity index (χ2v) is 16.0. The number of carbonyl (C=O) groups excluding carboxylic acids is 6. The molecule has 2 aromatic rings. The Labute approximate surface area is 334 Å². The van der Waals surface area contributed by atoms with Crippen molar-refractivity contribution in [1.82, 2.24) is 31.5 Å². The van der Waals surface area contributed by atoms with Crippen LogP contribution in [0.15, 0.2) is 60.7 Å². The summed E-state index contributed by atoms with van der Waals surface area (Å²) in [5.74, 6) is -4.44. The largest absolute Gasteiger partial charge is 0.480 e. The molecule has 306 valence electrons. The second kappa shape index (κ2) is 22.6. The first kappa shape index (κ1) is 45.5. The van der Waals surface area contributed by atoms with E-state index in [0.717, 1.165) is 11.1 Å². The van der Waals surface area contributed by atoms with Crippen molar-refractivity contribution in [2.45, 2.75) is 109 Å². The molecule has 1 fully saturated rings. The number of rotatable bonds is 21. The van der Waals surface area contributed by atoms with E-state index < -0.39 is 77.7 Å². The maximum atomic E-state index is 14.1. The van der Waals surface area contributed by atoms with Crippen molar-refractivity contribution >= 4 is 53.2 Å². The zero-order valence-corrected chi connectivity index (χ0v) is 34.0. The molecule has 0 aliphatic carbocycles. The molecule has 0 unspecified atom stereocenters. The SMILES string of the molecule is CSCC[C@@H](NC(=O)[C@@H](CC(C)C)NC(=O)[C@@H](Cc1ccccc1)NC(=O)[C@H](NC(=O)[C@@H](Cc1ccccc1)NC(=O)[C@H]1CCCN1C(C)=O)C(C)C)C(=O)O. The fourth-order valence-corrected chi connectivity index (χ4v) is 7.06. The lowest BCUT2D eigenvalue weighted by Crippen LogP contribution is -2.61. The van der Waals surface area contributed by atoms with Crippen molar-refractivity contribution in [2.24, 2.45) is 11.8 Å². The van der Waals surface area contributed by atoms with Gasteiger partial charge >= 0.3 is 5.97 Å². The van der Waals surface area contributed by atoms with Crippen molar-refractivity contribution in [3.63, 3.8) is 0 Å². The molecular formula is C41H58N6O8S. The third-order valence-electron chi connectivity index (χ3n) is 9.60. The van der Waals surface area contributed by atoms with Gasteiger partial charge in [-0.2, -0.15) is 11.8 Å². The normalized spacial score (nSPS) is 16.6. The fourth-order valence-electron chi connectivity index (χ4n) is 6.59. The van der Waals surface area contributed by atoms with E-state index in [0.29, 0.717) is 25.1 Å². The average molecular weight is 795 g/mol. The van der Waals surface area contributed by atoms with Crippen LogP contribution in [-0.2, 0) is 46.4 Å². The van der Waals surface area contributed by atoms with Crippen LogP contribution >= 0.6 is 11.8 Å². The van der Waals surface area contributed by atoms with Gasteiger partial charge in [-0.25, -0.2) is 4.79 Å². The van der Waals surface area contributed by atoms with E-state index in [1.54, 1.807) is 38.1 Å². The predicted octanol–water partition coefficient (Wildman–Crippen LogP) is 2.45. The summed E-state index contributed by atoms with van der Waals surface area (Å²) in [6.45, 7) is 9.07. The van der Waals surface area contributed by atoms with Crippen LogP contribution in [0.25, 0.3) is 0 Å². The molecule has 1 aliphatic rings. The predicted molar refractivity (Wildman–Crippen MR) is 215 cm³/mol. The number of thioether (sulfide) groups is 1. The number of hydrogen-bond donors (Lipinski definition) is 6. The number of amides is 6. The summed E-state index contributed by atoms with van der Waals surface area (Å²) in [4.78, 5) is 94.7. The second-order valence-electron chi connectivity index (χ2n) is 15.0. The molecule has 1 saturated heterocycles. The molecule has 14 nitrogen and oxygen atoms in total. The molecule has 0 spiro atoms. The van der Waals surface area contributed by atoms with Crippen LogP contribution in [0.4, 0.5) is 0 Å². The van der Waals surface area contributed by atoms with Crippen LogP contribution in [-0.4, -0.2) is 106 Å². The minimum atomic E-state index is -1.18. The van der Waals surface area contributed by atoms with Gasteiger partial charge in [0.25, 0.3) is 0 Å². The summed E-state index contributed by atoms with van der Waals surface area (Å²) >= 11 is 1.45. The Kier molecular flexibility index (Phi) is 18.3. The van der Waals surface area contributed by atoms with Gasteiger partial charge in [-0.1, -0.05) is 88.4 Å². The smallest absolute Gasteiger partial charge is 0.326 e. The van der Waals surface area contributed by atoms with Crippen LogP contribution in [0.2, 0.25) is 0 Å². The first-order chi connectivity index (χ1) is 26.6. The Hall–Kier alpha value is -4.92. The number of benzene rings is 2. The maximum Gasteiger partial charge on any atom is 0.326 e. The quantitative estimate of drug-likeness (QED) is 0.110. The lowest BCUT2D eigenvalue weighted by molar-refractivity contribution is -0.142. The number of carboxylic acids is 1. The van der Waals surface area contributed by atoms with Crippen molar-refractivity contribution in [3.05, 3.63) is 71.8 Å². The highest BCUT2D eigenvalue weighted by molar-refractivity contribution is 7.98. The maximum absolute atomic E-state index is 14.1. The van der Waals surface area contributed by atoms with Crippen LogP contribution in [0.1, 0.15) is 71.4 Å². The van der Waals surface area contributed by atoms with Crippen LogP contribution < -0.4 is 26.6 Å². The van der Waals surface area contributed by atoms with E-state index in [-0.39, 0.29) is 37.5 Å². The fraction of sp³-hybridized carbons (Fsp3) is 0.537. The number of aliphatic carboxylic acids is 1. The Bertz CT molecular complexity index is 1640. The molecular weight excluding hydrogens is 737 g/mol. The summed E-state index contributed by atoms with van der Waals surface area (Å²) in [5, 5.41) is 23.5. The van der Waals surface area contributed by atoms with Crippen molar-refractivity contribution < 1.29 is 38.7 Å². The van der Waals surface area contributed by atoms with E-state index in [4.69, 9.17) is 0 Å². The van der Waals surface area contributed by atoms with Gasteiger partial charge in [0, 0.05) is 26.3 Å². The monoisotopic (exact) mass is 794 g/mol. The lowest BCUT2D eigenvalue weighted by Gasteiger charge is -2.29. The van der Waals surface area contributed by atoms with Crippen molar-refractivity contribution in [2.75, 3.05) is 18.6 Å². The molecule has 0 bridgehead atoms. The first-order valence-electron chi connectivity index (χ1n) is 19.2. The number of nitrogens with one attached hydrogen (secondary N) is 5. The third-order valence-corrected chi connectivity index (χ3v) is 10.2. The summed E-state index contributed by atoms with van der Waals surface area (Å²) in [6, 6.07) is 11.7. The van der Waals surface area contributed by atoms with Gasteiger partial charge in [0.15, 0.2) is 0 Å². The molecule has 1 heterocycles. The molecule has 0 radical (unpaired) electrons. The van der Waals surface area contributed by atoms with Gasteiger partial charge < -0.3 is 36.6 Å². The highest BCUT2D eigenvalue weighted by Gasteiger charge is 2.37. The van der Waals surface area contributed by atoms with Gasteiger partial charge in [-0.05, 0) is 60.7 Å². The van der Waals surface area contributed by atoms with Gasteiger partial charge in [0.2, 0.25) is 35.4 Å². The Morgan fingerprint density at radius 3 is 1.71 bits per heavy atom. The minimum Gasteiger partial charge on any atom is -0.480 e. The topological polar surface area (TPSA) is 203 Å². The molecule has 0 saturated carbocycles. The molecule has 6 atom stereocenters. The van der Waals surface area contributed by atoms with E-state index in [2.05, 4.69) is 26.6 Å².